The Labute approximate surface area is 119 Å². The molecule has 19 heavy (non-hydrogen) atoms. The number of hydrogen-bond donors (Lipinski definition) is 2. The molecule has 0 bridgehead atoms. The molecule has 2 aromatic rings. The Hall–Kier alpha value is -0.900. The molecular formula is C16H22N2S. The topological polar surface area (TPSA) is 38.0 Å². The van der Waals surface area contributed by atoms with E-state index in [2.05, 4.69) is 42.0 Å². The van der Waals surface area contributed by atoms with E-state index in [1.165, 1.54) is 41.3 Å². The molecule has 1 aromatic heterocycles. The summed E-state index contributed by atoms with van der Waals surface area (Å²) in [6, 6.07) is 9.05. The number of rotatable bonds is 4. The number of benzene rings is 1. The first-order valence-electron chi connectivity index (χ1n) is 7.14. The van der Waals surface area contributed by atoms with Gasteiger partial charge >= 0.3 is 0 Å². The number of thiophene rings is 1. The predicted molar refractivity (Wildman–Crippen MR) is 83.2 cm³/mol. The number of nitrogens with one attached hydrogen (secondary N) is 1. The van der Waals surface area contributed by atoms with Gasteiger partial charge < -0.3 is 0 Å². The molecule has 0 amide bonds. The first kappa shape index (κ1) is 13.1. The van der Waals surface area contributed by atoms with Gasteiger partial charge in [0.05, 0.1) is 0 Å². The fraction of sp³-hybridized carbons (Fsp3) is 0.500. The van der Waals surface area contributed by atoms with Gasteiger partial charge in [-0.25, -0.2) is 0 Å². The molecule has 1 unspecified atom stereocenters. The van der Waals surface area contributed by atoms with E-state index < -0.39 is 0 Å². The molecule has 3 heteroatoms. The molecule has 0 spiro atoms. The standard InChI is InChI=1S/C16H22N2S/c1-16(8-4-5-9-16)15(18-17)10-12-11-19-14-7-3-2-6-13(12)14/h2-3,6-7,11,15,18H,4-5,8-10,17H2,1H3. The molecule has 102 valence electrons. The summed E-state index contributed by atoms with van der Waals surface area (Å²) in [4.78, 5) is 0. The van der Waals surface area contributed by atoms with Crippen LogP contribution in [-0.4, -0.2) is 6.04 Å². The molecule has 1 aliphatic carbocycles. The van der Waals surface area contributed by atoms with Gasteiger partial charge in [0.2, 0.25) is 0 Å². The quantitative estimate of drug-likeness (QED) is 0.656. The van der Waals surface area contributed by atoms with Gasteiger partial charge in [0, 0.05) is 10.7 Å². The monoisotopic (exact) mass is 274 g/mol. The molecule has 1 fully saturated rings. The lowest BCUT2D eigenvalue weighted by atomic mass is 9.78. The van der Waals surface area contributed by atoms with E-state index in [0.717, 1.165) is 6.42 Å². The number of hydrazine groups is 1. The Morgan fingerprint density at radius 2 is 2.05 bits per heavy atom. The smallest absolute Gasteiger partial charge is 0.0345 e. The molecule has 0 aliphatic heterocycles. The predicted octanol–water partition coefficient (Wildman–Crippen LogP) is 3.86. The Morgan fingerprint density at radius 3 is 2.79 bits per heavy atom. The lowest BCUT2D eigenvalue weighted by Crippen LogP contribution is -2.47. The third-order valence-electron chi connectivity index (χ3n) is 4.77. The molecule has 3 rings (SSSR count). The van der Waals surface area contributed by atoms with Gasteiger partial charge in [-0.3, -0.25) is 11.3 Å². The zero-order valence-electron chi connectivity index (χ0n) is 11.5. The maximum Gasteiger partial charge on any atom is 0.0345 e. The minimum atomic E-state index is 0.359. The van der Waals surface area contributed by atoms with Gasteiger partial charge in [0.1, 0.15) is 0 Å². The molecule has 3 N–H and O–H groups in total. The van der Waals surface area contributed by atoms with Crippen molar-refractivity contribution in [1.29, 1.82) is 0 Å². The molecule has 1 aromatic carbocycles. The summed E-state index contributed by atoms with van der Waals surface area (Å²) < 4.78 is 1.38. The fourth-order valence-electron chi connectivity index (χ4n) is 3.45. The van der Waals surface area contributed by atoms with Crippen LogP contribution in [0.3, 0.4) is 0 Å². The van der Waals surface area contributed by atoms with Gasteiger partial charge in [0.25, 0.3) is 0 Å². The summed E-state index contributed by atoms with van der Waals surface area (Å²) in [5, 5.41) is 3.70. The molecule has 0 radical (unpaired) electrons. The summed E-state index contributed by atoms with van der Waals surface area (Å²) in [5.74, 6) is 5.85. The van der Waals surface area contributed by atoms with Crippen LogP contribution in [0, 0.1) is 5.41 Å². The maximum absolute atomic E-state index is 5.85. The third kappa shape index (κ3) is 2.42. The molecule has 2 nitrogen and oxygen atoms in total. The van der Waals surface area contributed by atoms with Crippen molar-refractivity contribution in [2.75, 3.05) is 0 Å². The van der Waals surface area contributed by atoms with Crippen LogP contribution in [0.1, 0.15) is 38.2 Å². The Balaban J connectivity index is 1.86. The zero-order chi connectivity index (χ0) is 13.3. The first-order valence-corrected chi connectivity index (χ1v) is 8.02. The third-order valence-corrected chi connectivity index (χ3v) is 5.79. The highest BCUT2D eigenvalue weighted by atomic mass is 32.1. The Morgan fingerprint density at radius 1 is 1.32 bits per heavy atom. The molecule has 1 aliphatic rings. The highest BCUT2D eigenvalue weighted by Crippen LogP contribution is 2.42. The lowest BCUT2D eigenvalue weighted by Gasteiger charge is -2.33. The van der Waals surface area contributed by atoms with Crippen LogP contribution in [0.4, 0.5) is 0 Å². The summed E-state index contributed by atoms with van der Waals surface area (Å²) in [6.07, 6.45) is 6.32. The zero-order valence-corrected chi connectivity index (χ0v) is 12.3. The Bertz CT molecular complexity index is 555. The van der Waals surface area contributed by atoms with Crippen molar-refractivity contribution in [3.05, 3.63) is 35.2 Å². The summed E-state index contributed by atoms with van der Waals surface area (Å²) >= 11 is 1.84. The SMILES string of the molecule is CC1(C(Cc2csc3ccccc23)NN)CCCC1. The molecular weight excluding hydrogens is 252 g/mol. The molecule has 1 saturated carbocycles. The highest BCUT2D eigenvalue weighted by molar-refractivity contribution is 7.17. The van der Waals surface area contributed by atoms with E-state index in [1.54, 1.807) is 0 Å². The minimum Gasteiger partial charge on any atom is -0.271 e. The Kier molecular flexibility index (Phi) is 3.61. The molecule has 1 atom stereocenters. The van der Waals surface area contributed by atoms with Gasteiger partial charge in [-0.1, -0.05) is 38.0 Å². The summed E-state index contributed by atoms with van der Waals surface area (Å²) in [6.45, 7) is 2.39. The highest BCUT2D eigenvalue weighted by Gasteiger charge is 2.36. The van der Waals surface area contributed by atoms with E-state index in [-0.39, 0.29) is 0 Å². The van der Waals surface area contributed by atoms with Crippen LogP contribution in [0.5, 0.6) is 0 Å². The van der Waals surface area contributed by atoms with Gasteiger partial charge in [-0.05, 0) is 47.1 Å². The first-order chi connectivity index (χ1) is 9.23. The van der Waals surface area contributed by atoms with E-state index >= 15 is 0 Å². The van der Waals surface area contributed by atoms with Crippen LogP contribution in [0.2, 0.25) is 0 Å². The second-order valence-electron chi connectivity index (χ2n) is 6.04. The number of fused-ring (bicyclic) bond motifs is 1. The molecule has 1 heterocycles. The van der Waals surface area contributed by atoms with E-state index in [9.17, 15) is 0 Å². The average molecular weight is 274 g/mol. The number of nitrogens with two attached hydrogens (primary N) is 1. The van der Waals surface area contributed by atoms with Gasteiger partial charge in [-0.15, -0.1) is 11.3 Å². The second kappa shape index (κ2) is 5.23. The second-order valence-corrected chi connectivity index (χ2v) is 6.95. The number of hydrogen-bond acceptors (Lipinski definition) is 3. The van der Waals surface area contributed by atoms with Crippen LogP contribution in [-0.2, 0) is 6.42 Å². The van der Waals surface area contributed by atoms with Crippen molar-refractivity contribution >= 4 is 21.4 Å². The van der Waals surface area contributed by atoms with Crippen LogP contribution >= 0.6 is 11.3 Å². The van der Waals surface area contributed by atoms with Crippen LogP contribution < -0.4 is 11.3 Å². The summed E-state index contributed by atoms with van der Waals surface area (Å²) in [5.41, 5.74) is 4.89. The average Bonchev–Trinajstić information content (AvgIpc) is 3.03. The van der Waals surface area contributed by atoms with Crippen LogP contribution in [0.25, 0.3) is 10.1 Å². The van der Waals surface area contributed by atoms with E-state index in [0.29, 0.717) is 11.5 Å². The van der Waals surface area contributed by atoms with Crippen molar-refractivity contribution in [1.82, 2.24) is 5.43 Å². The van der Waals surface area contributed by atoms with Crippen molar-refractivity contribution in [3.63, 3.8) is 0 Å². The van der Waals surface area contributed by atoms with Crippen molar-refractivity contribution in [3.8, 4) is 0 Å². The minimum absolute atomic E-state index is 0.359. The van der Waals surface area contributed by atoms with Crippen molar-refractivity contribution < 1.29 is 0 Å². The van der Waals surface area contributed by atoms with Crippen molar-refractivity contribution in [2.24, 2.45) is 11.3 Å². The van der Waals surface area contributed by atoms with Crippen LogP contribution in [0.15, 0.2) is 29.6 Å². The van der Waals surface area contributed by atoms with Gasteiger partial charge in [0.15, 0.2) is 0 Å². The maximum atomic E-state index is 5.85. The normalized spacial score (nSPS) is 19.9. The van der Waals surface area contributed by atoms with E-state index in [1.807, 2.05) is 11.3 Å². The lowest BCUT2D eigenvalue weighted by molar-refractivity contribution is 0.221. The van der Waals surface area contributed by atoms with Crippen molar-refractivity contribution in [2.45, 2.75) is 45.1 Å². The largest absolute Gasteiger partial charge is 0.271 e. The van der Waals surface area contributed by atoms with Gasteiger partial charge in [-0.2, -0.15) is 0 Å². The fourth-order valence-corrected chi connectivity index (χ4v) is 4.42. The summed E-state index contributed by atoms with van der Waals surface area (Å²) in [7, 11) is 0. The molecule has 0 saturated heterocycles. The van der Waals surface area contributed by atoms with E-state index in [4.69, 9.17) is 5.84 Å².